The Labute approximate surface area is 336 Å². The average Bonchev–Trinajstić information content (AvgIpc) is 3.93. The minimum absolute atomic E-state index is 0.0239. The second-order valence-electron chi connectivity index (χ2n) is 15.8. The number of ether oxygens (including phenoxy) is 2. The van der Waals surface area contributed by atoms with E-state index in [0.29, 0.717) is 48.3 Å². The second-order valence-corrected chi connectivity index (χ2v) is 18.0. The maximum Gasteiger partial charge on any atom is 0.573 e. The van der Waals surface area contributed by atoms with Gasteiger partial charge in [-0.25, -0.2) is 13.4 Å². The Kier molecular flexibility index (Phi) is 10.3. The number of benzene rings is 2. The molecule has 2 aliphatic heterocycles. The molecule has 3 N–H and O–H groups in total. The van der Waals surface area contributed by atoms with Crippen molar-refractivity contribution >= 4 is 55.3 Å². The Morgan fingerprint density at radius 2 is 1.81 bits per heavy atom. The lowest BCUT2D eigenvalue weighted by molar-refractivity contribution is -0.274. The highest BCUT2D eigenvalue weighted by molar-refractivity contribution is 7.91. The Bertz CT molecular complexity index is 2460. The summed E-state index contributed by atoms with van der Waals surface area (Å²) in [6.07, 6.45) is 2.60. The molecule has 4 aromatic rings. The Hall–Kier alpha value is -5.72. The number of sulfonamides is 1. The number of hydrogen-bond donors (Lipinski definition) is 3. The van der Waals surface area contributed by atoms with Gasteiger partial charge < -0.3 is 29.5 Å². The topological polar surface area (TPSA) is 199 Å². The van der Waals surface area contributed by atoms with Crippen molar-refractivity contribution in [3.05, 3.63) is 72.6 Å². The van der Waals surface area contributed by atoms with Crippen molar-refractivity contribution in [3.63, 3.8) is 0 Å². The first kappa shape index (κ1) is 40.1. The fraction of sp³-hybridized carbons (Fsp3) is 0.450. The van der Waals surface area contributed by atoms with Crippen molar-refractivity contribution in [2.45, 2.75) is 99.5 Å². The van der Waals surface area contributed by atoms with Crippen molar-refractivity contribution < 1.29 is 54.8 Å². The molecule has 0 bridgehead atoms. The summed E-state index contributed by atoms with van der Waals surface area (Å²) in [5, 5.41) is 10.9. The van der Waals surface area contributed by atoms with Crippen LogP contribution < -0.4 is 24.8 Å². The number of nitrogens with zero attached hydrogens (tertiary/aromatic N) is 3. The molecule has 0 spiro atoms. The minimum atomic E-state index is -4.94. The van der Waals surface area contributed by atoms with Crippen LogP contribution in [0.25, 0.3) is 21.7 Å². The fourth-order valence-electron chi connectivity index (χ4n) is 7.86. The molecule has 2 saturated carbocycles. The molecule has 59 heavy (non-hydrogen) atoms. The molecule has 19 heteroatoms. The predicted molar refractivity (Wildman–Crippen MR) is 204 cm³/mol. The first-order valence-corrected chi connectivity index (χ1v) is 20.9. The number of nitrogens with one attached hydrogen (secondary N) is 3. The molecule has 15 nitrogen and oxygen atoms in total. The lowest BCUT2D eigenvalue weighted by Crippen LogP contribution is -2.58. The maximum absolute atomic E-state index is 14.6. The fourth-order valence-corrected chi connectivity index (χ4v) is 9.17. The van der Waals surface area contributed by atoms with Gasteiger partial charge in [-0.05, 0) is 69.0 Å². The molecule has 2 aliphatic carbocycles. The SMILES string of the molecule is CC1(S(=O)(=O)NC(=O)[C@@]23C[C@H]2/C=C\CCCCC[C@H](NC(=O)c2ccon2)C(=O)N2C[C@H](Oc4nc5cc(OC(F)(F)F)ccc5c5ccccc45)C[C@H]2C(=O)N3)CC1. The molecule has 4 heterocycles. The summed E-state index contributed by atoms with van der Waals surface area (Å²) in [6.45, 7) is 1.36. The zero-order chi connectivity index (χ0) is 41.7. The maximum atomic E-state index is 14.6. The molecular weight excluding hydrogens is 798 g/mol. The van der Waals surface area contributed by atoms with E-state index in [-0.39, 0.29) is 42.9 Å². The van der Waals surface area contributed by atoms with Gasteiger partial charge in [0.25, 0.3) is 11.8 Å². The van der Waals surface area contributed by atoms with Gasteiger partial charge in [0.05, 0.1) is 16.8 Å². The second kappa shape index (κ2) is 15.1. The number of hydrogen-bond acceptors (Lipinski definition) is 11. The number of pyridine rings is 1. The minimum Gasteiger partial charge on any atom is -0.472 e. The van der Waals surface area contributed by atoms with E-state index in [1.165, 1.54) is 29.4 Å². The van der Waals surface area contributed by atoms with Gasteiger partial charge in [0.1, 0.15) is 35.7 Å². The van der Waals surface area contributed by atoms with Gasteiger partial charge >= 0.3 is 6.36 Å². The first-order valence-electron chi connectivity index (χ1n) is 19.4. The molecule has 4 amide bonds. The van der Waals surface area contributed by atoms with E-state index in [0.717, 1.165) is 12.5 Å². The standard InChI is InChI=1S/C40H41F3N6O9S/c1-38(16-17-38)59(54,55)48-37(53)39-21-23(39)9-5-3-2-4-6-12-30(44-33(50)29-15-18-56-47-29)36(52)49-22-25(20-32(49)34(51)46-39)57-35-28-11-8-7-10-26(28)27-14-13-24(19-31(27)45-35)58-40(41,42)43/h5,7-11,13-15,18-19,23,25,30,32H,2-4,6,12,16-17,20-22H2,1H3,(H,44,50)(H,46,51)(H,48,53)/b9-5-/t23-,25-,30+,32+,39-/m1/s1. The molecule has 312 valence electrons. The van der Waals surface area contributed by atoms with E-state index in [2.05, 4.69) is 30.2 Å². The summed E-state index contributed by atoms with van der Waals surface area (Å²) in [7, 11) is -4.06. The van der Waals surface area contributed by atoms with Gasteiger partial charge in [-0.3, -0.25) is 23.9 Å². The molecule has 3 fully saturated rings. The van der Waals surface area contributed by atoms with Crippen LogP contribution in [0.1, 0.15) is 75.2 Å². The zero-order valence-corrected chi connectivity index (χ0v) is 32.6. The lowest BCUT2D eigenvalue weighted by Gasteiger charge is -2.30. The van der Waals surface area contributed by atoms with Gasteiger partial charge in [-0.2, -0.15) is 0 Å². The summed E-state index contributed by atoms with van der Waals surface area (Å²) in [6, 6.07) is 9.69. The molecule has 0 radical (unpaired) electrons. The monoisotopic (exact) mass is 838 g/mol. The van der Waals surface area contributed by atoms with Crippen LogP contribution in [0.4, 0.5) is 13.2 Å². The highest BCUT2D eigenvalue weighted by Gasteiger charge is 2.63. The van der Waals surface area contributed by atoms with E-state index in [1.807, 2.05) is 6.08 Å². The molecule has 8 rings (SSSR count). The van der Waals surface area contributed by atoms with Crippen LogP contribution in [-0.4, -0.2) is 88.5 Å². The quantitative estimate of drug-likeness (QED) is 0.163. The molecular formula is C40H41F3N6O9S. The number of carbonyl (C=O) groups is 4. The predicted octanol–water partition coefficient (Wildman–Crippen LogP) is 4.82. The summed E-state index contributed by atoms with van der Waals surface area (Å²) < 4.78 is 82.3. The van der Waals surface area contributed by atoms with Crippen LogP contribution in [0.2, 0.25) is 0 Å². The largest absolute Gasteiger partial charge is 0.573 e. The number of amides is 4. The number of fused-ring (bicyclic) bond motifs is 5. The van der Waals surface area contributed by atoms with Crippen LogP contribution in [0.3, 0.4) is 0 Å². The van der Waals surface area contributed by atoms with E-state index in [4.69, 9.17) is 9.26 Å². The molecule has 2 aromatic heterocycles. The van der Waals surface area contributed by atoms with Gasteiger partial charge in [0.15, 0.2) is 5.69 Å². The van der Waals surface area contributed by atoms with Crippen LogP contribution in [0, 0.1) is 5.92 Å². The van der Waals surface area contributed by atoms with E-state index < -0.39 is 80.2 Å². The highest BCUT2D eigenvalue weighted by Crippen LogP contribution is 2.47. The molecule has 0 unspecified atom stereocenters. The van der Waals surface area contributed by atoms with Gasteiger partial charge in [0.2, 0.25) is 27.7 Å². The van der Waals surface area contributed by atoms with Crippen molar-refractivity contribution in [2.24, 2.45) is 5.92 Å². The van der Waals surface area contributed by atoms with Crippen molar-refractivity contribution in [1.29, 1.82) is 0 Å². The third-order valence-electron chi connectivity index (χ3n) is 11.6. The molecule has 1 saturated heterocycles. The van der Waals surface area contributed by atoms with Crippen molar-refractivity contribution in [3.8, 4) is 11.6 Å². The summed E-state index contributed by atoms with van der Waals surface area (Å²) >= 11 is 0. The first-order chi connectivity index (χ1) is 28.1. The van der Waals surface area contributed by atoms with E-state index >= 15 is 0 Å². The molecule has 4 aliphatic rings. The van der Waals surface area contributed by atoms with Gasteiger partial charge in [-0.1, -0.05) is 48.3 Å². The number of rotatable bonds is 8. The van der Waals surface area contributed by atoms with Crippen LogP contribution in [0.15, 0.2) is 71.5 Å². The Morgan fingerprint density at radius 3 is 2.54 bits per heavy atom. The third-order valence-corrected chi connectivity index (χ3v) is 13.8. The molecule has 5 atom stereocenters. The smallest absolute Gasteiger partial charge is 0.472 e. The number of halogens is 3. The van der Waals surface area contributed by atoms with E-state index in [1.54, 1.807) is 37.3 Å². The van der Waals surface area contributed by atoms with Crippen molar-refractivity contribution in [1.82, 2.24) is 30.4 Å². The third kappa shape index (κ3) is 8.16. The number of aromatic nitrogens is 2. The number of allylic oxidation sites excluding steroid dienone is 1. The van der Waals surface area contributed by atoms with Crippen molar-refractivity contribution in [2.75, 3.05) is 6.54 Å². The summed E-state index contributed by atoms with van der Waals surface area (Å²) in [5.41, 5.74) is -1.54. The van der Waals surface area contributed by atoms with E-state index in [9.17, 15) is 40.8 Å². The average molecular weight is 839 g/mol. The number of alkyl halides is 3. The van der Waals surface area contributed by atoms with Crippen LogP contribution in [0.5, 0.6) is 11.6 Å². The molecule has 2 aromatic carbocycles. The number of carbonyl (C=O) groups excluding carboxylic acids is 4. The van der Waals surface area contributed by atoms with Crippen LogP contribution >= 0.6 is 0 Å². The highest BCUT2D eigenvalue weighted by atomic mass is 32.2. The van der Waals surface area contributed by atoms with Gasteiger partial charge in [-0.15, -0.1) is 13.2 Å². The van der Waals surface area contributed by atoms with Crippen LogP contribution in [-0.2, 0) is 24.4 Å². The zero-order valence-electron chi connectivity index (χ0n) is 31.8. The summed E-state index contributed by atoms with van der Waals surface area (Å²) in [4.78, 5) is 62.0. The van der Waals surface area contributed by atoms with Gasteiger partial charge in [0, 0.05) is 35.2 Å². The summed E-state index contributed by atoms with van der Waals surface area (Å²) in [5.74, 6) is -3.89. The Morgan fingerprint density at radius 1 is 1.03 bits per heavy atom. The Balaban J connectivity index is 1.13. The normalized spacial score (nSPS) is 26.4. The lowest BCUT2D eigenvalue weighted by atomic mass is 10.0.